The number of rotatable bonds is 4. The van der Waals surface area contributed by atoms with Crippen LogP contribution in [0.15, 0.2) is 24.3 Å². The quantitative estimate of drug-likeness (QED) is 0.885. The lowest BCUT2D eigenvalue weighted by molar-refractivity contribution is -0.118. The average Bonchev–Trinajstić information content (AvgIpc) is 2.61. The SMILES string of the molecule is NCCOc1ccccc1N1CCCCCC1=O. The van der Waals surface area contributed by atoms with Crippen LogP contribution in [0, 0.1) is 0 Å². The molecule has 1 aliphatic rings. The predicted molar refractivity (Wildman–Crippen MR) is 71.8 cm³/mol. The number of benzene rings is 1. The average molecular weight is 248 g/mol. The fourth-order valence-corrected chi connectivity index (χ4v) is 2.21. The van der Waals surface area contributed by atoms with Gasteiger partial charge in [-0.3, -0.25) is 4.79 Å². The molecule has 0 atom stereocenters. The van der Waals surface area contributed by atoms with E-state index >= 15 is 0 Å². The molecule has 4 nitrogen and oxygen atoms in total. The van der Waals surface area contributed by atoms with Crippen LogP contribution in [0.3, 0.4) is 0 Å². The van der Waals surface area contributed by atoms with E-state index in [1.807, 2.05) is 29.2 Å². The van der Waals surface area contributed by atoms with Gasteiger partial charge in [0.1, 0.15) is 12.4 Å². The molecule has 1 fully saturated rings. The van der Waals surface area contributed by atoms with Crippen LogP contribution in [0.4, 0.5) is 5.69 Å². The van der Waals surface area contributed by atoms with E-state index in [0.29, 0.717) is 19.6 Å². The molecule has 0 unspecified atom stereocenters. The molecule has 2 N–H and O–H groups in total. The number of amides is 1. The summed E-state index contributed by atoms with van der Waals surface area (Å²) in [4.78, 5) is 13.9. The van der Waals surface area contributed by atoms with Crippen molar-refractivity contribution in [2.24, 2.45) is 5.73 Å². The Kier molecular flexibility index (Phi) is 4.59. The fraction of sp³-hybridized carbons (Fsp3) is 0.500. The first-order chi connectivity index (χ1) is 8.83. The molecular formula is C14H20N2O2. The van der Waals surface area contributed by atoms with E-state index in [9.17, 15) is 4.79 Å². The van der Waals surface area contributed by atoms with Gasteiger partial charge in [0, 0.05) is 19.5 Å². The monoisotopic (exact) mass is 248 g/mol. The number of para-hydroxylation sites is 2. The van der Waals surface area contributed by atoms with Gasteiger partial charge in [0.15, 0.2) is 0 Å². The molecule has 0 spiro atoms. The van der Waals surface area contributed by atoms with Crippen molar-refractivity contribution < 1.29 is 9.53 Å². The van der Waals surface area contributed by atoms with E-state index in [4.69, 9.17) is 10.5 Å². The molecule has 2 rings (SSSR count). The van der Waals surface area contributed by atoms with Gasteiger partial charge in [-0.2, -0.15) is 0 Å². The number of nitrogens with zero attached hydrogens (tertiary/aromatic N) is 1. The van der Waals surface area contributed by atoms with E-state index in [-0.39, 0.29) is 5.91 Å². The zero-order valence-corrected chi connectivity index (χ0v) is 10.6. The first kappa shape index (κ1) is 12.9. The van der Waals surface area contributed by atoms with E-state index < -0.39 is 0 Å². The van der Waals surface area contributed by atoms with Crippen LogP contribution < -0.4 is 15.4 Å². The minimum Gasteiger partial charge on any atom is -0.490 e. The van der Waals surface area contributed by atoms with Crippen molar-refractivity contribution >= 4 is 11.6 Å². The molecule has 1 heterocycles. The maximum atomic E-state index is 12.1. The summed E-state index contributed by atoms with van der Waals surface area (Å²) in [6.45, 7) is 1.73. The zero-order valence-electron chi connectivity index (χ0n) is 10.6. The van der Waals surface area contributed by atoms with Crippen molar-refractivity contribution in [1.29, 1.82) is 0 Å². The summed E-state index contributed by atoms with van der Waals surface area (Å²) in [7, 11) is 0. The van der Waals surface area contributed by atoms with Crippen LogP contribution in [0.5, 0.6) is 5.75 Å². The summed E-state index contributed by atoms with van der Waals surface area (Å²) in [5.41, 5.74) is 6.32. The third kappa shape index (κ3) is 3.01. The highest BCUT2D eigenvalue weighted by Crippen LogP contribution is 2.30. The second kappa shape index (κ2) is 6.40. The normalized spacial score (nSPS) is 16.5. The highest BCUT2D eigenvalue weighted by molar-refractivity contribution is 5.95. The molecule has 0 bridgehead atoms. The van der Waals surface area contributed by atoms with Crippen LogP contribution in [0.25, 0.3) is 0 Å². The largest absolute Gasteiger partial charge is 0.490 e. The molecule has 0 saturated carbocycles. The predicted octanol–water partition coefficient (Wildman–Crippen LogP) is 1.93. The standard InChI is InChI=1S/C14H20N2O2/c15-9-11-18-13-7-4-3-6-12(13)16-10-5-1-2-8-14(16)17/h3-4,6-7H,1-2,5,8-11,15H2. The number of carbonyl (C=O) groups excluding carboxylic acids is 1. The Hall–Kier alpha value is -1.55. The molecule has 0 aromatic heterocycles. The van der Waals surface area contributed by atoms with Crippen LogP contribution >= 0.6 is 0 Å². The summed E-state index contributed by atoms with van der Waals surface area (Å²) in [6, 6.07) is 7.68. The lowest BCUT2D eigenvalue weighted by Crippen LogP contribution is -2.30. The molecule has 1 saturated heterocycles. The summed E-state index contributed by atoms with van der Waals surface area (Å²) in [5, 5.41) is 0. The van der Waals surface area contributed by atoms with Crippen LogP contribution in [-0.2, 0) is 4.79 Å². The third-order valence-corrected chi connectivity index (χ3v) is 3.10. The van der Waals surface area contributed by atoms with Crippen LogP contribution in [0.1, 0.15) is 25.7 Å². The lowest BCUT2D eigenvalue weighted by atomic mass is 10.2. The topological polar surface area (TPSA) is 55.6 Å². The molecule has 4 heteroatoms. The van der Waals surface area contributed by atoms with Gasteiger partial charge < -0.3 is 15.4 Å². The van der Waals surface area contributed by atoms with Crippen molar-refractivity contribution in [3.05, 3.63) is 24.3 Å². The highest BCUT2D eigenvalue weighted by Gasteiger charge is 2.20. The van der Waals surface area contributed by atoms with Gasteiger partial charge in [0.25, 0.3) is 0 Å². The molecular weight excluding hydrogens is 228 g/mol. The minimum atomic E-state index is 0.191. The Balaban J connectivity index is 2.21. The molecule has 0 radical (unpaired) electrons. The van der Waals surface area contributed by atoms with Gasteiger partial charge in [-0.05, 0) is 25.0 Å². The van der Waals surface area contributed by atoms with Gasteiger partial charge in [-0.15, -0.1) is 0 Å². The van der Waals surface area contributed by atoms with Gasteiger partial charge in [0.05, 0.1) is 5.69 Å². The maximum Gasteiger partial charge on any atom is 0.227 e. The minimum absolute atomic E-state index is 0.191. The third-order valence-electron chi connectivity index (χ3n) is 3.10. The number of ether oxygens (including phenoxy) is 1. The number of anilines is 1. The smallest absolute Gasteiger partial charge is 0.227 e. The number of hydrogen-bond donors (Lipinski definition) is 1. The summed E-state index contributed by atoms with van der Waals surface area (Å²) in [6.07, 6.45) is 3.79. The maximum absolute atomic E-state index is 12.1. The molecule has 0 aliphatic carbocycles. The molecule has 98 valence electrons. The van der Waals surface area contributed by atoms with Gasteiger partial charge in [-0.25, -0.2) is 0 Å². The van der Waals surface area contributed by atoms with Crippen molar-refractivity contribution in [1.82, 2.24) is 0 Å². The lowest BCUT2D eigenvalue weighted by Gasteiger charge is -2.23. The summed E-state index contributed by atoms with van der Waals surface area (Å²) in [5.74, 6) is 0.939. The number of carbonyl (C=O) groups is 1. The van der Waals surface area contributed by atoms with Crippen molar-refractivity contribution in [3.63, 3.8) is 0 Å². The Bertz CT molecular complexity index is 407. The zero-order chi connectivity index (χ0) is 12.8. The number of nitrogens with two attached hydrogens (primary N) is 1. The van der Waals surface area contributed by atoms with Crippen LogP contribution in [-0.4, -0.2) is 25.6 Å². The Morgan fingerprint density at radius 1 is 1.22 bits per heavy atom. The molecule has 1 aromatic carbocycles. The van der Waals surface area contributed by atoms with Gasteiger partial charge in [0.2, 0.25) is 5.91 Å². The Labute approximate surface area is 108 Å². The molecule has 1 aliphatic heterocycles. The Morgan fingerprint density at radius 2 is 2.06 bits per heavy atom. The van der Waals surface area contributed by atoms with Crippen molar-refractivity contribution in [3.8, 4) is 5.75 Å². The highest BCUT2D eigenvalue weighted by atomic mass is 16.5. The van der Waals surface area contributed by atoms with E-state index in [0.717, 1.165) is 37.2 Å². The van der Waals surface area contributed by atoms with Crippen molar-refractivity contribution in [2.45, 2.75) is 25.7 Å². The van der Waals surface area contributed by atoms with Crippen molar-refractivity contribution in [2.75, 3.05) is 24.6 Å². The van der Waals surface area contributed by atoms with E-state index in [2.05, 4.69) is 0 Å². The van der Waals surface area contributed by atoms with Crippen LogP contribution in [0.2, 0.25) is 0 Å². The molecule has 18 heavy (non-hydrogen) atoms. The van der Waals surface area contributed by atoms with E-state index in [1.54, 1.807) is 0 Å². The second-order valence-electron chi connectivity index (χ2n) is 4.46. The number of hydrogen-bond acceptors (Lipinski definition) is 3. The van der Waals surface area contributed by atoms with Gasteiger partial charge in [-0.1, -0.05) is 18.6 Å². The van der Waals surface area contributed by atoms with Gasteiger partial charge >= 0.3 is 0 Å². The molecule has 1 amide bonds. The summed E-state index contributed by atoms with van der Waals surface area (Å²) >= 11 is 0. The first-order valence-electron chi connectivity index (χ1n) is 6.55. The first-order valence-corrected chi connectivity index (χ1v) is 6.55. The molecule has 1 aromatic rings. The second-order valence-corrected chi connectivity index (χ2v) is 4.46. The van der Waals surface area contributed by atoms with E-state index in [1.165, 1.54) is 0 Å². The summed E-state index contributed by atoms with van der Waals surface area (Å²) < 4.78 is 5.61. The Morgan fingerprint density at radius 3 is 2.89 bits per heavy atom. The fourth-order valence-electron chi connectivity index (χ4n) is 2.21.